The first-order chi connectivity index (χ1) is 6.77. The highest BCUT2D eigenvalue weighted by Crippen LogP contribution is 2.13. The van der Waals surface area contributed by atoms with Crippen molar-refractivity contribution in [2.45, 2.75) is 25.8 Å². The Hall–Kier alpha value is -1.23. The van der Waals surface area contributed by atoms with E-state index in [2.05, 4.69) is 4.99 Å². The van der Waals surface area contributed by atoms with Gasteiger partial charge < -0.3 is 15.3 Å². The topological polar surface area (TPSA) is 82.7 Å². The number of carbonyl (C=O) groups is 1. The molecule has 5 nitrogen and oxygen atoms in total. The van der Waals surface area contributed by atoms with Crippen molar-refractivity contribution in [1.29, 1.82) is 5.41 Å². The zero-order valence-electron chi connectivity index (χ0n) is 8.49. The second-order valence-corrected chi connectivity index (χ2v) is 2.57. The Morgan fingerprint density at radius 2 is 2.43 bits per heavy atom. The number of aliphatic hydroxyl groups is 1. The fourth-order valence-corrected chi connectivity index (χ4v) is 1.13. The summed E-state index contributed by atoms with van der Waals surface area (Å²) in [5.74, 6) is -0.269. The van der Waals surface area contributed by atoms with Gasteiger partial charge in [0.2, 0.25) is 0 Å². The summed E-state index contributed by atoms with van der Waals surface area (Å²) in [5.41, 5.74) is 0.688. The lowest BCUT2D eigenvalue weighted by Crippen LogP contribution is -2.18. The van der Waals surface area contributed by atoms with Crippen LogP contribution in [0.3, 0.4) is 0 Å². The highest BCUT2D eigenvalue weighted by molar-refractivity contribution is 6.30. The van der Waals surface area contributed by atoms with E-state index >= 15 is 0 Å². The summed E-state index contributed by atoms with van der Waals surface area (Å²) in [6.07, 6.45) is 2.59. The zero-order valence-corrected chi connectivity index (χ0v) is 8.49. The molecule has 0 amide bonds. The van der Waals surface area contributed by atoms with Crippen molar-refractivity contribution in [2.24, 2.45) is 4.99 Å². The molecule has 0 saturated carbocycles. The van der Waals surface area contributed by atoms with Gasteiger partial charge >= 0.3 is 5.97 Å². The summed E-state index contributed by atoms with van der Waals surface area (Å²) in [4.78, 5) is 15.1. The number of carbonyl (C=O) groups excluding carboxylic acids is 1. The summed E-state index contributed by atoms with van der Waals surface area (Å²) in [7, 11) is 1.00. The largest absolute Gasteiger partial charge is 0.464 e. The molecule has 5 heteroatoms. The molecule has 0 saturated heterocycles. The van der Waals surface area contributed by atoms with Crippen LogP contribution in [0.1, 0.15) is 19.8 Å². The fraction of sp³-hybridized carbons (Fsp3) is 0.667. The number of nitrogens with zero attached hydrogens (tertiary/aromatic N) is 1. The van der Waals surface area contributed by atoms with Gasteiger partial charge in [-0.15, -0.1) is 0 Å². The summed E-state index contributed by atoms with van der Waals surface area (Å²) >= 11 is 0. The van der Waals surface area contributed by atoms with Gasteiger partial charge in [0.1, 0.15) is 6.04 Å². The van der Waals surface area contributed by atoms with E-state index in [4.69, 9.17) is 15.3 Å². The van der Waals surface area contributed by atoms with Crippen molar-refractivity contribution < 1.29 is 14.6 Å². The van der Waals surface area contributed by atoms with Gasteiger partial charge in [-0.05, 0) is 19.8 Å². The minimum Gasteiger partial charge on any atom is -0.464 e. The van der Waals surface area contributed by atoms with Gasteiger partial charge in [-0.3, -0.25) is 4.99 Å². The van der Waals surface area contributed by atoms with Crippen molar-refractivity contribution in [1.82, 2.24) is 0 Å². The summed E-state index contributed by atoms with van der Waals surface area (Å²) in [6, 6.07) is -0.360. The SMILES string of the molecule is CCOC(=O)C1CCC(C=N)=N1.CO. The third-order valence-corrected chi connectivity index (χ3v) is 1.72. The number of hydrogen-bond donors (Lipinski definition) is 2. The Bertz CT molecular complexity index is 226. The maximum absolute atomic E-state index is 11.1. The minimum atomic E-state index is -0.360. The molecule has 1 aliphatic rings. The highest BCUT2D eigenvalue weighted by Gasteiger charge is 2.24. The van der Waals surface area contributed by atoms with Gasteiger partial charge in [0, 0.05) is 13.3 Å². The first-order valence-electron chi connectivity index (χ1n) is 4.46. The van der Waals surface area contributed by atoms with Gasteiger partial charge in [0.15, 0.2) is 0 Å². The standard InChI is InChI=1S/C8H12N2O2.CH4O/c1-2-12-8(11)7-4-3-6(5-9)10-7;1-2/h5,7,9H,2-4H2,1H3;2H,1H3. The van der Waals surface area contributed by atoms with Crippen molar-refractivity contribution in [3.05, 3.63) is 0 Å². The molecule has 0 spiro atoms. The quantitative estimate of drug-likeness (QED) is 0.511. The molecule has 1 aliphatic heterocycles. The third-order valence-electron chi connectivity index (χ3n) is 1.72. The molecule has 0 aliphatic carbocycles. The maximum Gasteiger partial charge on any atom is 0.330 e. The van der Waals surface area contributed by atoms with Gasteiger partial charge in [-0.1, -0.05) is 0 Å². The van der Waals surface area contributed by atoms with Crippen LogP contribution in [0, 0.1) is 5.41 Å². The zero-order chi connectivity index (χ0) is 11.0. The summed E-state index contributed by atoms with van der Waals surface area (Å²) < 4.78 is 4.80. The first-order valence-corrected chi connectivity index (χ1v) is 4.46. The maximum atomic E-state index is 11.1. The fourth-order valence-electron chi connectivity index (χ4n) is 1.13. The second kappa shape index (κ2) is 7.20. The van der Waals surface area contributed by atoms with Gasteiger partial charge in [-0.25, -0.2) is 4.79 Å². The molecule has 2 N–H and O–H groups in total. The molecule has 0 fully saturated rings. The molecular weight excluding hydrogens is 184 g/mol. The third kappa shape index (κ3) is 3.66. The lowest BCUT2D eigenvalue weighted by Gasteiger charge is -2.04. The molecule has 1 unspecified atom stereocenters. The monoisotopic (exact) mass is 200 g/mol. The van der Waals surface area contributed by atoms with Gasteiger partial charge in [0.25, 0.3) is 0 Å². The minimum absolute atomic E-state index is 0.269. The van der Waals surface area contributed by atoms with Crippen molar-refractivity contribution in [3.8, 4) is 0 Å². The lowest BCUT2D eigenvalue weighted by molar-refractivity contribution is -0.144. The van der Waals surface area contributed by atoms with Crippen LogP contribution in [0.25, 0.3) is 0 Å². The number of ether oxygens (including phenoxy) is 1. The van der Waals surface area contributed by atoms with Crippen LogP contribution < -0.4 is 0 Å². The average Bonchev–Trinajstić information content (AvgIpc) is 2.69. The van der Waals surface area contributed by atoms with E-state index in [1.54, 1.807) is 6.92 Å². The van der Waals surface area contributed by atoms with Gasteiger partial charge in [0.05, 0.1) is 12.3 Å². The van der Waals surface area contributed by atoms with E-state index in [0.717, 1.165) is 7.11 Å². The molecule has 0 aromatic rings. The molecule has 1 rings (SSSR count). The van der Waals surface area contributed by atoms with Crippen LogP contribution in [-0.4, -0.2) is 42.8 Å². The molecule has 14 heavy (non-hydrogen) atoms. The highest BCUT2D eigenvalue weighted by atomic mass is 16.5. The van der Waals surface area contributed by atoms with E-state index in [0.29, 0.717) is 25.2 Å². The smallest absolute Gasteiger partial charge is 0.330 e. The molecular formula is C9H16N2O3. The number of esters is 1. The number of rotatable bonds is 3. The molecule has 0 aromatic heterocycles. The Morgan fingerprint density at radius 3 is 2.86 bits per heavy atom. The predicted molar refractivity (Wildman–Crippen MR) is 54.0 cm³/mol. The Labute approximate surface area is 83.3 Å². The molecule has 0 bridgehead atoms. The number of aliphatic hydroxyl groups excluding tert-OH is 1. The normalized spacial score (nSPS) is 19.1. The Morgan fingerprint density at radius 1 is 1.79 bits per heavy atom. The number of aliphatic imine (C=N–C) groups is 1. The van der Waals surface area contributed by atoms with E-state index in [1.165, 1.54) is 6.21 Å². The van der Waals surface area contributed by atoms with Crippen LogP contribution in [0.2, 0.25) is 0 Å². The van der Waals surface area contributed by atoms with Crippen LogP contribution in [0.4, 0.5) is 0 Å². The van der Waals surface area contributed by atoms with Crippen LogP contribution in [0.5, 0.6) is 0 Å². The predicted octanol–water partition coefficient (Wildman–Crippen LogP) is 0.411. The molecule has 0 aromatic carbocycles. The average molecular weight is 200 g/mol. The number of nitrogens with one attached hydrogen (secondary N) is 1. The Kier molecular flexibility index (Phi) is 6.57. The molecule has 0 radical (unpaired) electrons. The van der Waals surface area contributed by atoms with Gasteiger partial charge in [-0.2, -0.15) is 0 Å². The van der Waals surface area contributed by atoms with E-state index in [9.17, 15) is 4.79 Å². The summed E-state index contributed by atoms with van der Waals surface area (Å²) in [5, 5.41) is 13.9. The first kappa shape index (κ1) is 12.8. The molecule has 1 atom stereocenters. The van der Waals surface area contributed by atoms with Crippen molar-refractivity contribution >= 4 is 17.9 Å². The van der Waals surface area contributed by atoms with E-state index in [-0.39, 0.29) is 12.0 Å². The Balaban J connectivity index is 0.000000791. The van der Waals surface area contributed by atoms with E-state index in [1.807, 2.05) is 0 Å². The second-order valence-electron chi connectivity index (χ2n) is 2.57. The van der Waals surface area contributed by atoms with Crippen LogP contribution >= 0.6 is 0 Å². The number of hydrogen-bond acceptors (Lipinski definition) is 5. The van der Waals surface area contributed by atoms with E-state index < -0.39 is 0 Å². The van der Waals surface area contributed by atoms with Crippen molar-refractivity contribution in [2.75, 3.05) is 13.7 Å². The molecule has 1 heterocycles. The summed E-state index contributed by atoms with van der Waals surface area (Å²) in [6.45, 7) is 2.17. The van der Waals surface area contributed by atoms with Crippen LogP contribution in [-0.2, 0) is 9.53 Å². The van der Waals surface area contributed by atoms with Crippen LogP contribution in [0.15, 0.2) is 4.99 Å². The van der Waals surface area contributed by atoms with Crippen molar-refractivity contribution in [3.63, 3.8) is 0 Å². The lowest BCUT2D eigenvalue weighted by atomic mass is 10.2. The molecule has 80 valence electrons.